The maximum Gasteiger partial charge on any atom is 0.274 e. The van der Waals surface area contributed by atoms with E-state index in [1.165, 1.54) is 6.33 Å². The molecule has 0 saturated carbocycles. The minimum atomic E-state index is -0.322. The standard InChI is InChI=1S/C15H17ClN4O2/c1-10-3-4-11(7-12(10)16)20-15(21)13-8-14(19-9-18-13)17-5-6-22-2/h3-4,7-9H,5-6H2,1-2H3,(H,20,21)(H,17,18,19). The molecule has 0 bridgehead atoms. The number of hydrogen-bond donors (Lipinski definition) is 2. The average molecular weight is 321 g/mol. The van der Waals surface area contributed by atoms with Crippen LogP contribution in [0.2, 0.25) is 5.02 Å². The Kier molecular flexibility index (Phi) is 5.68. The number of aryl methyl sites for hydroxylation is 1. The van der Waals surface area contributed by atoms with Crippen molar-refractivity contribution in [1.82, 2.24) is 9.97 Å². The quantitative estimate of drug-likeness (QED) is 0.800. The van der Waals surface area contributed by atoms with Crippen LogP contribution in [0.1, 0.15) is 16.1 Å². The third kappa shape index (κ3) is 4.41. The lowest BCUT2D eigenvalue weighted by Crippen LogP contribution is -2.15. The van der Waals surface area contributed by atoms with Gasteiger partial charge in [0.25, 0.3) is 5.91 Å². The molecule has 2 rings (SSSR count). The van der Waals surface area contributed by atoms with Crippen molar-refractivity contribution in [3.8, 4) is 0 Å². The van der Waals surface area contributed by atoms with Gasteiger partial charge in [0.1, 0.15) is 17.8 Å². The molecule has 22 heavy (non-hydrogen) atoms. The van der Waals surface area contributed by atoms with Crippen molar-refractivity contribution in [2.75, 3.05) is 30.9 Å². The Hall–Kier alpha value is -2.18. The third-order valence-corrected chi connectivity index (χ3v) is 3.35. The Labute approximate surface area is 133 Å². The summed E-state index contributed by atoms with van der Waals surface area (Å²) in [5.74, 6) is 0.247. The predicted octanol–water partition coefficient (Wildman–Crippen LogP) is 2.75. The zero-order chi connectivity index (χ0) is 15.9. The van der Waals surface area contributed by atoms with Crippen LogP contribution in [-0.2, 0) is 4.74 Å². The van der Waals surface area contributed by atoms with E-state index in [1.807, 2.05) is 13.0 Å². The number of nitrogens with one attached hydrogen (secondary N) is 2. The van der Waals surface area contributed by atoms with Gasteiger partial charge >= 0.3 is 0 Å². The van der Waals surface area contributed by atoms with Crippen LogP contribution in [0.15, 0.2) is 30.6 Å². The molecule has 0 aliphatic heterocycles. The highest BCUT2D eigenvalue weighted by atomic mass is 35.5. The number of nitrogens with zero attached hydrogens (tertiary/aromatic N) is 2. The number of amides is 1. The minimum Gasteiger partial charge on any atom is -0.383 e. The molecule has 1 heterocycles. The molecule has 2 N–H and O–H groups in total. The highest BCUT2D eigenvalue weighted by Gasteiger charge is 2.10. The number of methoxy groups -OCH3 is 1. The van der Waals surface area contributed by atoms with E-state index >= 15 is 0 Å². The number of carbonyl (C=O) groups excluding carboxylic acids is 1. The second-order valence-electron chi connectivity index (χ2n) is 4.63. The van der Waals surface area contributed by atoms with Crippen molar-refractivity contribution >= 4 is 29.0 Å². The van der Waals surface area contributed by atoms with Gasteiger partial charge in [0, 0.05) is 30.4 Å². The lowest BCUT2D eigenvalue weighted by Gasteiger charge is -2.08. The Morgan fingerprint density at radius 3 is 2.86 bits per heavy atom. The Balaban J connectivity index is 2.05. The summed E-state index contributed by atoms with van der Waals surface area (Å²) in [4.78, 5) is 20.2. The SMILES string of the molecule is COCCNc1cc(C(=O)Nc2ccc(C)c(Cl)c2)ncn1. The van der Waals surface area contributed by atoms with Crippen LogP contribution in [-0.4, -0.2) is 36.1 Å². The molecule has 0 aliphatic carbocycles. The summed E-state index contributed by atoms with van der Waals surface area (Å²) >= 11 is 6.04. The molecule has 0 atom stereocenters. The van der Waals surface area contributed by atoms with E-state index in [9.17, 15) is 4.79 Å². The Morgan fingerprint density at radius 2 is 2.14 bits per heavy atom. The second kappa shape index (κ2) is 7.72. The first kappa shape index (κ1) is 16.2. The van der Waals surface area contributed by atoms with Crippen molar-refractivity contribution in [3.63, 3.8) is 0 Å². The fourth-order valence-corrected chi connectivity index (χ4v) is 1.91. The summed E-state index contributed by atoms with van der Waals surface area (Å²) in [5.41, 5.74) is 1.84. The molecule has 1 aromatic carbocycles. The zero-order valence-electron chi connectivity index (χ0n) is 12.4. The minimum absolute atomic E-state index is 0.270. The number of halogens is 1. The maximum atomic E-state index is 12.2. The summed E-state index contributed by atoms with van der Waals surface area (Å²) < 4.78 is 4.94. The van der Waals surface area contributed by atoms with Crippen molar-refractivity contribution in [2.24, 2.45) is 0 Å². The lowest BCUT2D eigenvalue weighted by molar-refractivity contribution is 0.102. The van der Waals surface area contributed by atoms with Crippen LogP contribution in [0.3, 0.4) is 0 Å². The molecule has 0 saturated heterocycles. The first-order chi connectivity index (χ1) is 10.6. The predicted molar refractivity (Wildman–Crippen MR) is 86.5 cm³/mol. The van der Waals surface area contributed by atoms with Gasteiger partial charge in [0.2, 0.25) is 0 Å². The molecule has 116 valence electrons. The van der Waals surface area contributed by atoms with Crippen molar-refractivity contribution < 1.29 is 9.53 Å². The summed E-state index contributed by atoms with van der Waals surface area (Å²) in [6.07, 6.45) is 1.34. The van der Waals surface area contributed by atoms with Crippen LogP contribution in [0.25, 0.3) is 0 Å². The molecule has 0 unspecified atom stereocenters. The first-order valence-corrected chi connectivity index (χ1v) is 7.10. The van der Waals surface area contributed by atoms with E-state index in [0.29, 0.717) is 29.7 Å². The molecule has 1 aromatic heterocycles. The number of aromatic nitrogens is 2. The summed E-state index contributed by atoms with van der Waals surface area (Å²) in [6, 6.07) is 6.92. The van der Waals surface area contributed by atoms with E-state index in [4.69, 9.17) is 16.3 Å². The number of rotatable bonds is 6. The molecule has 1 amide bonds. The van der Waals surface area contributed by atoms with E-state index in [2.05, 4.69) is 20.6 Å². The summed E-state index contributed by atoms with van der Waals surface area (Å²) in [6.45, 7) is 3.05. The Bertz CT molecular complexity index is 664. The topological polar surface area (TPSA) is 76.1 Å². The van der Waals surface area contributed by atoms with Crippen molar-refractivity contribution in [2.45, 2.75) is 6.92 Å². The number of benzene rings is 1. The molecule has 0 spiro atoms. The third-order valence-electron chi connectivity index (χ3n) is 2.94. The van der Waals surface area contributed by atoms with E-state index in [0.717, 1.165) is 5.56 Å². The molecule has 2 aromatic rings. The average Bonchev–Trinajstić information content (AvgIpc) is 2.51. The fourth-order valence-electron chi connectivity index (χ4n) is 1.73. The van der Waals surface area contributed by atoms with Gasteiger partial charge in [-0.15, -0.1) is 0 Å². The molecule has 0 aliphatic rings. The van der Waals surface area contributed by atoms with Gasteiger partial charge in [-0.2, -0.15) is 0 Å². The van der Waals surface area contributed by atoms with E-state index in [-0.39, 0.29) is 11.6 Å². The fraction of sp³-hybridized carbons (Fsp3) is 0.267. The van der Waals surface area contributed by atoms with Crippen LogP contribution >= 0.6 is 11.6 Å². The number of hydrogen-bond acceptors (Lipinski definition) is 5. The molecule has 0 fully saturated rings. The largest absolute Gasteiger partial charge is 0.383 e. The van der Waals surface area contributed by atoms with Crippen LogP contribution in [0, 0.1) is 6.92 Å². The molecule has 0 radical (unpaired) electrons. The van der Waals surface area contributed by atoms with Gasteiger partial charge in [0.15, 0.2) is 0 Å². The molecular formula is C15H17ClN4O2. The van der Waals surface area contributed by atoms with E-state index < -0.39 is 0 Å². The summed E-state index contributed by atoms with van der Waals surface area (Å²) in [7, 11) is 1.62. The molecule has 6 nitrogen and oxygen atoms in total. The highest BCUT2D eigenvalue weighted by molar-refractivity contribution is 6.31. The highest BCUT2D eigenvalue weighted by Crippen LogP contribution is 2.20. The van der Waals surface area contributed by atoms with Gasteiger partial charge in [-0.1, -0.05) is 17.7 Å². The lowest BCUT2D eigenvalue weighted by atomic mass is 10.2. The first-order valence-electron chi connectivity index (χ1n) is 6.72. The Morgan fingerprint density at radius 1 is 1.32 bits per heavy atom. The number of carbonyl (C=O) groups is 1. The second-order valence-corrected chi connectivity index (χ2v) is 5.03. The van der Waals surface area contributed by atoms with Gasteiger partial charge in [0.05, 0.1) is 6.61 Å². The monoisotopic (exact) mass is 320 g/mol. The van der Waals surface area contributed by atoms with Gasteiger partial charge in [-0.05, 0) is 24.6 Å². The van der Waals surface area contributed by atoms with Crippen LogP contribution in [0.5, 0.6) is 0 Å². The van der Waals surface area contributed by atoms with Gasteiger partial charge < -0.3 is 15.4 Å². The zero-order valence-corrected chi connectivity index (χ0v) is 13.1. The molecule has 7 heteroatoms. The van der Waals surface area contributed by atoms with Crippen molar-refractivity contribution in [1.29, 1.82) is 0 Å². The molecular weight excluding hydrogens is 304 g/mol. The number of anilines is 2. The maximum absolute atomic E-state index is 12.2. The van der Waals surface area contributed by atoms with Crippen molar-refractivity contribution in [3.05, 3.63) is 46.9 Å². The van der Waals surface area contributed by atoms with Crippen LogP contribution < -0.4 is 10.6 Å². The van der Waals surface area contributed by atoms with Gasteiger partial charge in [-0.25, -0.2) is 9.97 Å². The smallest absolute Gasteiger partial charge is 0.274 e. The normalized spacial score (nSPS) is 10.3. The van der Waals surface area contributed by atoms with Crippen LogP contribution in [0.4, 0.5) is 11.5 Å². The van der Waals surface area contributed by atoms with E-state index in [1.54, 1.807) is 25.3 Å². The number of ether oxygens (including phenoxy) is 1. The van der Waals surface area contributed by atoms with Gasteiger partial charge in [-0.3, -0.25) is 4.79 Å². The summed E-state index contributed by atoms with van der Waals surface area (Å²) in [5, 5.41) is 6.40.